The highest BCUT2D eigenvalue weighted by molar-refractivity contribution is 6.22. The largest absolute Gasteiger partial charge is 0.456 e. The lowest BCUT2D eigenvalue weighted by Crippen LogP contribution is -2.33. The van der Waals surface area contributed by atoms with Crippen molar-refractivity contribution in [3.05, 3.63) is 193 Å². The van der Waals surface area contributed by atoms with Gasteiger partial charge in [0.1, 0.15) is 34.3 Å². The van der Waals surface area contributed by atoms with E-state index in [4.69, 9.17) is 18.8 Å². The maximum absolute atomic E-state index is 6.39. The number of para-hydroxylation sites is 1. The molecule has 0 saturated heterocycles. The first kappa shape index (κ1) is 30.4. The van der Waals surface area contributed by atoms with Gasteiger partial charge in [-0.25, -0.2) is 9.98 Å². The third kappa shape index (κ3) is 5.01. The first-order valence-corrected chi connectivity index (χ1v) is 18.2. The Bertz CT molecular complexity index is 3140. The summed E-state index contributed by atoms with van der Waals surface area (Å²) in [4.78, 5) is 10.4. The van der Waals surface area contributed by atoms with Crippen molar-refractivity contribution in [2.24, 2.45) is 9.98 Å². The van der Waals surface area contributed by atoms with Gasteiger partial charge in [-0.05, 0) is 81.1 Å². The highest BCUT2D eigenvalue weighted by atomic mass is 16.3. The molecule has 0 spiro atoms. The van der Waals surface area contributed by atoms with Crippen molar-refractivity contribution in [1.29, 1.82) is 0 Å². The van der Waals surface area contributed by atoms with E-state index >= 15 is 0 Å². The second-order valence-electron chi connectivity index (χ2n) is 13.8. The van der Waals surface area contributed by atoms with Crippen LogP contribution < -0.4 is 5.32 Å². The Morgan fingerprint density at radius 2 is 1.06 bits per heavy atom. The van der Waals surface area contributed by atoms with Gasteiger partial charge >= 0.3 is 0 Å². The summed E-state index contributed by atoms with van der Waals surface area (Å²) in [6.07, 6.45) is -0.322. The molecule has 0 saturated carbocycles. The van der Waals surface area contributed by atoms with E-state index in [2.05, 4.69) is 127 Å². The first-order valence-electron chi connectivity index (χ1n) is 18.2. The van der Waals surface area contributed by atoms with Gasteiger partial charge < -0.3 is 14.2 Å². The lowest BCUT2D eigenvalue weighted by Gasteiger charge is -2.24. The smallest absolute Gasteiger partial charge is 0.159 e. The molecular weight excluding hydrogens is 663 g/mol. The molecule has 1 aliphatic rings. The zero-order valence-corrected chi connectivity index (χ0v) is 29.0. The van der Waals surface area contributed by atoms with Crippen molar-refractivity contribution in [2.45, 2.75) is 6.17 Å². The maximum atomic E-state index is 6.39. The summed E-state index contributed by atoms with van der Waals surface area (Å²) in [5, 5.41) is 10.2. The highest BCUT2D eigenvalue weighted by Gasteiger charge is 2.24. The number of hydrogen-bond donors (Lipinski definition) is 1. The Morgan fingerprint density at radius 3 is 1.87 bits per heavy atom. The van der Waals surface area contributed by atoms with Crippen LogP contribution in [0.15, 0.2) is 195 Å². The molecule has 5 nitrogen and oxygen atoms in total. The van der Waals surface area contributed by atoms with E-state index in [9.17, 15) is 0 Å². The molecule has 1 N–H and O–H groups in total. The van der Waals surface area contributed by atoms with Gasteiger partial charge in [0.15, 0.2) is 5.84 Å². The minimum Gasteiger partial charge on any atom is -0.456 e. The van der Waals surface area contributed by atoms with Gasteiger partial charge in [-0.2, -0.15) is 0 Å². The highest BCUT2D eigenvalue weighted by Crippen LogP contribution is 2.39. The number of amidine groups is 2. The Kier molecular flexibility index (Phi) is 6.85. The molecular formula is C49H31N3O2. The zero-order valence-electron chi connectivity index (χ0n) is 29.0. The van der Waals surface area contributed by atoms with Crippen LogP contribution in [0.3, 0.4) is 0 Å². The standard InChI is InChI=1S/C49H31N3O2/c1-3-11-30(12-4-1)33-25-26-42-40(29-33)45-37(16-9-19-43(45)54-42)34-23-21-31-22-24-35(28-36(31)27-34)48-50-47(32-13-5-2-6-14-32)51-49(52-48)39-17-10-20-44-46(39)38-15-7-8-18-41(38)53-44/h1-29,47H,(H,50,51,52). The summed E-state index contributed by atoms with van der Waals surface area (Å²) in [7, 11) is 0. The molecule has 1 atom stereocenters. The van der Waals surface area contributed by atoms with Crippen molar-refractivity contribution < 1.29 is 8.83 Å². The molecule has 0 radical (unpaired) electrons. The second kappa shape index (κ2) is 12.2. The van der Waals surface area contributed by atoms with Crippen molar-refractivity contribution in [2.75, 3.05) is 0 Å². The molecule has 1 unspecified atom stereocenters. The Balaban J connectivity index is 1.05. The van der Waals surface area contributed by atoms with Crippen molar-refractivity contribution in [3.8, 4) is 22.3 Å². The van der Waals surface area contributed by atoms with Crippen LogP contribution in [-0.4, -0.2) is 11.7 Å². The average Bonchev–Trinajstić information content (AvgIpc) is 3.82. The number of benzene rings is 8. The fourth-order valence-corrected chi connectivity index (χ4v) is 7.92. The fraction of sp³-hybridized carbons (Fsp3) is 0.0204. The summed E-state index contributed by atoms with van der Waals surface area (Å²) in [6.45, 7) is 0. The summed E-state index contributed by atoms with van der Waals surface area (Å²) < 4.78 is 12.6. The first-order chi connectivity index (χ1) is 26.7. The van der Waals surface area contributed by atoms with Gasteiger partial charge in [-0.1, -0.05) is 133 Å². The van der Waals surface area contributed by atoms with Crippen LogP contribution in [0.2, 0.25) is 0 Å². The summed E-state index contributed by atoms with van der Waals surface area (Å²) >= 11 is 0. The van der Waals surface area contributed by atoms with Gasteiger partial charge in [0.2, 0.25) is 0 Å². The Labute approximate surface area is 310 Å². The Hall–Kier alpha value is -7.24. The molecule has 2 aromatic heterocycles. The van der Waals surface area contributed by atoms with Crippen LogP contribution in [-0.2, 0) is 0 Å². The van der Waals surface area contributed by atoms with Gasteiger partial charge in [0.25, 0.3) is 0 Å². The van der Waals surface area contributed by atoms with E-state index in [0.717, 1.165) is 93.9 Å². The van der Waals surface area contributed by atoms with Gasteiger partial charge in [-0.15, -0.1) is 0 Å². The number of nitrogens with one attached hydrogen (secondary N) is 1. The number of nitrogens with zero attached hydrogens (tertiary/aromatic N) is 2. The molecule has 0 fully saturated rings. The Morgan fingerprint density at radius 1 is 0.426 bits per heavy atom. The average molecular weight is 694 g/mol. The molecule has 11 rings (SSSR count). The zero-order chi connectivity index (χ0) is 35.6. The third-order valence-electron chi connectivity index (χ3n) is 10.5. The van der Waals surface area contributed by atoms with Crippen LogP contribution in [0, 0.1) is 0 Å². The minimum atomic E-state index is -0.322. The van der Waals surface area contributed by atoms with Crippen LogP contribution in [0.25, 0.3) is 76.9 Å². The molecule has 1 aliphatic heterocycles. The van der Waals surface area contributed by atoms with Crippen LogP contribution in [0.5, 0.6) is 0 Å². The molecule has 10 aromatic rings. The van der Waals surface area contributed by atoms with E-state index in [1.165, 1.54) is 5.56 Å². The van der Waals surface area contributed by atoms with E-state index in [1.807, 2.05) is 54.6 Å². The monoisotopic (exact) mass is 693 g/mol. The van der Waals surface area contributed by atoms with E-state index in [0.29, 0.717) is 5.84 Å². The summed E-state index contributed by atoms with van der Waals surface area (Å²) in [5.74, 6) is 1.43. The molecule has 254 valence electrons. The number of fused-ring (bicyclic) bond motifs is 7. The number of rotatable bonds is 5. The maximum Gasteiger partial charge on any atom is 0.159 e. The van der Waals surface area contributed by atoms with Crippen molar-refractivity contribution in [3.63, 3.8) is 0 Å². The molecule has 5 heteroatoms. The summed E-state index contributed by atoms with van der Waals surface area (Å²) in [6, 6.07) is 61.1. The van der Waals surface area contributed by atoms with Crippen molar-refractivity contribution >= 4 is 66.3 Å². The van der Waals surface area contributed by atoms with Crippen molar-refractivity contribution in [1.82, 2.24) is 5.32 Å². The molecule has 3 heterocycles. The predicted molar refractivity (Wildman–Crippen MR) is 221 cm³/mol. The predicted octanol–water partition coefficient (Wildman–Crippen LogP) is 12.5. The molecule has 0 bridgehead atoms. The second-order valence-corrected chi connectivity index (χ2v) is 13.8. The molecule has 54 heavy (non-hydrogen) atoms. The minimum absolute atomic E-state index is 0.322. The SMILES string of the molecule is c1ccc(-c2ccc3oc4cccc(-c5ccc6ccc(C7=NC(c8ccccc8)NC(c8cccc9oc%10ccccc%10c89)=N7)cc6c5)c4c3c2)cc1. The van der Waals surface area contributed by atoms with Crippen LogP contribution >= 0.6 is 0 Å². The molecule has 8 aromatic carbocycles. The third-order valence-corrected chi connectivity index (χ3v) is 10.5. The number of aliphatic imine (C=N–C) groups is 2. The lowest BCUT2D eigenvalue weighted by atomic mass is 9.95. The van der Waals surface area contributed by atoms with Crippen LogP contribution in [0.4, 0.5) is 0 Å². The van der Waals surface area contributed by atoms with Gasteiger partial charge in [0.05, 0.1) is 0 Å². The molecule has 0 aliphatic carbocycles. The van der Waals surface area contributed by atoms with Gasteiger partial charge in [0, 0.05) is 32.7 Å². The van der Waals surface area contributed by atoms with E-state index in [-0.39, 0.29) is 6.17 Å². The quantitative estimate of drug-likeness (QED) is 0.195. The fourth-order valence-electron chi connectivity index (χ4n) is 7.92. The van der Waals surface area contributed by atoms with Crippen LogP contribution in [0.1, 0.15) is 22.9 Å². The van der Waals surface area contributed by atoms with E-state index in [1.54, 1.807) is 0 Å². The van der Waals surface area contributed by atoms with E-state index < -0.39 is 0 Å². The number of hydrogen-bond acceptors (Lipinski definition) is 5. The number of furan rings is 2. The summed E-state index contributed by atoms with van der Waals surface area (Å²) in [5.41, 5.74) is 11.0. The van der Waals surface area contributed by atoms with Gasteiger partial charge in [-0.3, -0.25) is 0 Å². The lowest BCUT2D eigenvalue weighted by molar-refractivity contribution is 0.667. The molecule has 0 amide bonds. The topological polar surface area (TPSA) is 63.0 Å². The normalized spacial score (nSPS) is 14.5.